The van der Waals surface area contributed by atoms with E-state index >= 15 is 0 Å². The predicted molar refractivity (Wildman–Crippen MR) is 237 cm³/mol. The van der Waals surface area contributed by atoms with Gasteiger partial charge in [0.1, 0.15) is 75.9 Å². The van der Waals surface area contributed by atoms with Crippen LogP contribution in [0.4, 0.5) is 9.59 Å². The van der Waals surface area contributed by atoms with Gasteiger partial charge in [-0.1, -0.05) is 132 Å². The zero-order valence-corrected chi connectivity index (χ0v) is 38.0. The molecule has 0 radical (unpaired) electrons. The summed E-state index contributed by atoms with van der Waals surface area (Å²) in [6.45, 7) is 27.5. The predicted octanol–water partition coefficient (Wildman–Crippen LogP) is 11.8. The van der Waals surface area contributed by atoms with E-state index in [0.29, 0.717) is 0 Å². The van der Waals surface area contributed by atoms with Crippen LogP contribution in [0.25, 0.3) is 0 Å². The first-order valence-electron chi connectivity index (χ1n) is 20.6. The van der Waals surface area contributed by atoms with Crippen LogP contribution in [0.2, 0.25) is 0 Å². The second kappa shape index (κ2) is 22.8. The molecule has 4 aromatic carbocycles. The first kappa shape index (κ1) is 49.0. The number of hydrogen-bond acceptors (Lipinski definition) is 10. The van der Waals surface area contributed by atoms with E-state index in [1.807, 2.05) is 97.1 Å². The number of rotatable bonds is 16. The lowest BCUT2D eigenvalue weighted by molar-refractivity contribution is 0.0377. The van der Waals surface area contributed by atoms with Crippen molar-refractivity contribution in [2.24, 2.45) is 0 Å². The highest BCUT2D eigenvalue weighted by Crippen LogP contribution is 2.27. The molecule has 0 saturated carbocycles. The van der Waals surface area contributed by atoms with Crippen LogP contribution in [0, 0.1) is 0 Å². The molecule has 4 rings (SSSR count). The Morgan fingerprint density at radius 3 is 0.617 bits per heavy atom. The van der Waals surface area contributed by atoms with Crippen molar-refractivity contribution in [3.8, 4) is 23.0 Å². The monoisotopic (exact) mass is 828 g/mol. The molecule has 0 bridgehead atoms. The number of carbonyl (C=O) groups is 2. The van der Waals surface area contributed by atoms with Gasteiger partial charge in [0.2, 0.25) is 0 Å². The van der Waals surface area contributed by atoms with Gasteiger partial charge in [0.25, 0.3) is 0 Å². The SMILES string of the molecule is CC(C)(C)c1ccc(OCCOC(=O)OCCOc2ccc(C(C)(C)C)cc2)cc1.CC(C)(C)c1ccc(OCCOC(=O)OCCOc2ccc(C(C)(C)C)cc2)cc1. The lowest BCUT2D eigenvalue weighted by Gasteiger charge is -2.19. The van der Waals surface area contributed by atoms with Gasteiger partial charge < -0.3 is 37.9 Å². The van der Waals surface area contributed by atoms with Crippen LogP contribution in [0.1, 0.15) is 105 Å². The van der Waals surface area contributed by atoms with E-state index in [4.69, 9.17) is 37.9 Å². The van der Waals surface area contributed by atoms with Crippen molar-refractivity contribution in [2.45, 2.75) is 105 Å². The first-order chi connectivity index (χ1) is 28.1. The van der Waals surface area contributed by atoms with E-state index in [9.17, 15) is 9.59 Å². The average Bonchev–Trinajstić information content (AvgIpc) is 3.18. The summed E-state index contributed by atoms with van der Waals surface area (Å²) in [5.74, 6) is 2.97. The highest BCUT2D eigenvalue weighted by atomic mass is 16.7. The maximum Gasteiger partial charge on any atom is 0.508 e. The van der Waals surface area contributed by atoms with Crippen molar-refractivity contribution in [1.29, 1.82) is 0 Å². The van der Waals surface area contributed by atoms with Gasteiger partial charge in [0.05, 0.1) is 0 Å². The number of benzene rings is 4. The lowest BCUT2D eigenvalue weighted by Crippen LogP contribution is -2.16. The Balaban J connectivity index is 0.000000320. The van der Waals surface area contributed by atoms with Crippen molar-refractivity contribution in [3.05, 3.63) is 119 Å². The third-order valence-electron chi connectivity index (χ3n) is 9.17. The van der Waals surface area contributed by atoms with Crippen LogP contribution in [0.15, 0.2) is 97.1 Å². The van der Waals surface area contributed by atoms with E-state index in [-0.39, 0.29) is 74.5 Å². The van der Waals surface area contributed by atoms with Crippen molar-refractivity contribution in [1.82, 2.24) is 0 Å². The fraction of sp³-hybridized carbons (Fsp3) is 0.480. The molecule has 0 atom stereocenters. The molecule has 60 heavy (non-hydrogen) atoms. The molecule has 328 valence electrons. The van der Waals surface area contributed by atoms with E-state index in [0.717, 1.165) is 23.0 Å². The Bertz CT molecular complexity index is 1560. The molecule has 0 aliphatic heterocycles. The summed E-state index contributed by atoms with van der Waals surface area (Å²) >= 11 is 0. The second-order valence-corrected chi connectivity index (χ2v) is 18.4. The largest absolute Gasteiger partial charge is 0.508 e. The normalized spacial score (nSPS) is 11.7. The molecule has 0 aliphatic carbocycles. The molecule has 0 heterocycles. The highest BCUT2D eigenvalue weighted by molar-refractivity contribution is 5.60. The Labute approximate surface area is 358 Å². The molecular formula is C50H68O10. The van der Waals surface area contributed by atoms with Crippen molar-refractivity contribution >= 4 is 12.3 Å². The molecule has 0 spiro atoms. The molecule has 4 aromatic rings. The summed E-state index contributed by atoms with van der Waals surface area (Å²) < 4.78 is 42.4. The average molecular weight is 829 g/mol. The van der Waals surface area contributed by atoms with Crippen LogP contribution < -0.4 is 18.9 Å². The molecular weight excluding hydrogens is 761 g/mol. The zero-order valence-electron chi connectivity index (χ0n) is 38.0. The maximum absolute atomic E-state index is 11.6. The molecule has 10 nitrogen and oxygen atoms in total. The number of carbonyl (C=O) groups excluding carboxylic acids is 2. The molecule has 0 unspecified atom stereocenters. The summed E-state index contributed by atoms with van der Waals surface area (Å²) in [5.41, 5.74) is 5.36. The number of ether oxygens (including phenoxy) is 8. The van der Waals surface area contributed by atoms with Gasteiger partial charge in [-0.25, -0.2) is 9.59 Å². The Hall–Kier alpha value is -5.38. The fourth-order valence-corrected chi connectivity index (χ4v) is 5.43. The van der Waals surface area contributed by atoms with Gasteiger partial charge >= 0.3 is 12.3 Å². The maximum atomic E-state index is 11.6. The molecule has 10 heteroatoms. The summed E-state index contributed by atoms with van der Waals surface area (Å²) in [6.07, 6.45) is -1.46. The smallest absolute Gasteiger partial charge is 0.490 e. The topological polar surface area (TPSA) is 108 Å². The van der Waals surface area contributed by atoms with Crippen molar-refractivity contribution < 1.29 is 47.5 Å². The molecule has 0 aliphatic rings. The molecule has 0 aromatic heterocycles. The highest BCUT2D eigenvalue weighted by Gasteiger charge is 2.16. The lowest BCUT2D eigenvalue weighted by atomic mass is 9.87. The van der Waals surface area contributed by atoms with Gasteiger partial charge in [0.15, 0.2) is 0 Å². The summed E-state index contributed by atoms with van der Waals surface area (Å²) in [4.78, 5) is 23.2. The molecule has 0 N–H and O–H groups in total. The van der Waals surface area contributed by atoms with Gasteiger partial charge in [-0.3, -0.25) is 0 Å². The van der Waals surface area contributed by atoms with Crippen LogP contribution in [0.5, 0.6) is 23.0 Å². The quantitative estimate of drug-likeness (QED) is 0.0800. The fourth-order valence-electron chi connectivity index (χ4n) is 5.43. The van der Waals surface area contributed by atoms with E-state index in [2.05, 4.69) is 83.1 Å². The van der Waals surface area contributed by atoms with Crippen molar-refractivity contribution in [3.63, 3.8) is 0 Å². The first-order valence-corrected chi connectivity index (χ1v) is 20.6. The zero-order chi connectivity index (χ0) is 44.4. The van der Waals surface area contributed by atoms with E-state index < -0.39 is 12.3 Å². The minimum atomic E-state index is -0.728. The second-order valence-electron chi connectivity index (χ2n) is 18.4. The van der Waals surface area contributed by atoms with Crippen molar-refractivity contribution in [2.75, 3.05) is 52.9 Å². The molecule has 0 saturated heterocycles. The Kier molecular flexibility index (Phi) is 18.6. The number of hydrogen-bond donors (Lipinski definition) is 0. The third kappa shape index (κ3) is 18.7. The standard InChI is InChI=1S/2C25H34O5/c2*1-24(2,3)19-7-11-21(12-8-19)27-15-17-29-23(26)30-18-16-28-22-13-9-20(10-14-22)25(4,5)6/h2*7-14H,15-18H2,1-6H3. The summed E-state index contributed by atoms with van der Waals surface area (Å²) in [6, 6.07) is 31.7. The van der Waals surface area contributed by atoms with Crippen LogP contribution in [-0.4, -0.2) is 65.2 Å². The Morgan fingerprint density at radius 1 is 0.300 bits per heavy atom. The molecule has 0 fully saturated rings. The minimum absolute atomic E-state index is 0.102. The van der Waals surface area contributed by atoms with Crippen LogP contribution in [0.3, 0.4) is 0 Å². The summed E-state index contributed by atoms with van der Waals surface area (Å²) in [7, 11) is 0. The molecule has 0 amide bonds. The van der Waals surface area contributed by atoms with E-state index in [1.54, 1.807) is 0 Å². The van der Waals surface area contributed by atoms with Crippen LogP contribution >= 0.6 is 0 Å². The third-order valence-corrected chi connectivity index (χ3v) is 9.17. The van der Waals surface area contributed by atoms with Crippen LogP contribution in [-0.2, 0) is 40.6 Å². The minimum Gasteiger partial charge on any atom is -0.490 e. The van der Waals surface area contributed by atoms with Gasteiger partial charge in [-0.15, -0.1) is 0 Å². The van der Waals surface area contributed by atoms with Gasteiger partial charge in [0, 0.05) is 0 Å². The Morgan fingerprint density at radius 2 is 0.467 bits per heavy atom. The van der Waals surface area contributed by atoms with Gasteiger partial charge in [-0.05, 0) is 92.4 Å². The van der Waals surface area contributed by atoms with E-state index in [1.165, 1.54) is 22.3 Å². The summed E-state index contributed by atoms with van der Waals surface area (Å²) in [5, 5.41) is 0. The van der Waals surface area contributed by atoms with Gasteiger partial charge in [-0.2, -0.15) is 0 Å².